The minimum Gasteiger partial charge on any atom is -0.480 e. The Labute approximate surface area is 130 Å². The highest BCUT2D eigenvalue weighted by Gasteiger charge is 2.41. The standard InChI is InChI=1S/C15H26N2O3S/c1-3-5-13-17(12(9-21-13)14(18)19)15(20)16-8-11-7-4-6-10(11)2/h10-13H,3-9H2,1-2H3,(H,16,20)(H,18,19). The lowest BCUT2D eigenvalue weighted by Gasteiger charge is -2.28. The molecule has 0 spiro atoms. The Morgan fingerprint density at radius 1 is 1.38 bits per heavy atom. The Morgan fingerprint density at radius 3 is 2.71 bits per heavy atom. The lowest BCUT2D eigenvalue weighted by Crippen LogP contribution is -2.51. The third-order valence-electron chi connectivity index (χ3n) is 4.70. The van der Waals surface area contributed by atoms with Gasteiger partial charge in [0, 0.05) is 12.3 Å². The van der Waals surface area contributed by atoms with Crippen molar-refractivity contribution >= 4 is 23.8 Å². The lowest BCUT2D eigenvalue weighted by molar-refractivity contribution is -0.141. The average molecular weight is 314 g/mol. The fraction of sp³-hybridized carbons (Fsp3) is 0.867. The first-order valence-electron chi connectivity index (χ1n) is 7.95. The van der Waals surface area contributed by atoms with Gasteiger partial charge in [0.15, 0.2) is 0 Å². The molecule has 2 fully saturated rings. The molecule has 1 saturated carbocycles. The van der Waals surface area contributed by atoms with Gasteiger partial charge in [-0.25, -0.2) is 9.59 Å². The Hall–Kier alpha value is -0.910. The number of thioether (sulfide) groups is 1. The summed E-state index contributed by atoms with van der Waals surface area (Å²) in [6.07, 6.45) is 5.43. The summed E-state index contributed by atoms with van der Waals surface area (Å²) in [5, 5.41) is 12.3. The summed E-state index contributed by atoms with van der Waals surface area (Å²) in [4.78, 5) is 25.3. The summed E-state index contributed by atoms with van der Waals surface area (Å²) in [5.41, 5.74) is 0. The van der Waals surface area contributed by atoms with E-state index in [9.17, 15) is 14.7 Å². The predicted molar refractivity (Wildman–Crippen MR) is 84.3 cm³/mol. The van der Waals surface area contributed by atoms with E-state index in [1.807, 2.05) is 0 Å². The average Bonchev–Trinajstić information content (AvgIpc) is 3.03. The second-order valence-electron chi connectivity index (χ2n) is 6.19. The molecule has 4 atom stereocenters. The Morgan fingerprint density at radius 2 is 2.14 bits per heavy atom. The van der Waals surface area contributed by atoms with E-state index in [-0.39, 0.29) is 11.4 Å². The molecule has 0 aromatic heterocycles. The molecule has 1 heterocycles. The molecule has 2 rings (SSSR count). The molecule has 5 nitrogen and oxygen atoms in total. The second-order valence-corrected chi connectivity index (χ2v) is 7.40. The smallest absolute Gasteiger partial charge is 0.327 e. The summed E-state index contributed by atoms with van der Waals surface area (Å²) < 4.78 is 0. The zero-order chi connectivity index (χ0) is 15.4. The highest BCUT2D eigenvalue weighted by molar-refractivity contribution is 8.00. The van der Waals surface area contributed by atoms with Crippen LogP contribution in [0.15, 0.2) is 0 Å². The predicted octanol–water partition coefficient (Wildman–Crippen LogP) is 2.76. The maximum Gasteiger partial charge on any atom is 0.327 e. The van der Waals surface area contributed by atoms with Crippen molar-refractivity contribution in [3.8, 4) is 0 Å². The van der Waals surface area contributed by atoms with Gasteiger partial charge in [0.1, 0.15) is 6.04 Å². The number of carbonyl (C=O) groups excluding carboxylic acids is 1. The van der Waals surface area contributed by atoms with Gasteiger partial charge in [-0.05, 0) is 24.7 Å². The van der Waals surface area contributed by atoms with E-state index in [1.165, 1.54) is 12.8 Å². The van der Waals surface area contributed by atoms with Crippen LogP contribution in [0, 0.1) is 11.8 Å². The second kappa shape index (κ2) is 7.38. The number of hydrogen-bond acceptors (Lipinski definition) is 3. The number of hydrogen-bond donors (Lipinski definition) is 2. The van der Waals surface area contributed by atoms with E-state index in [1.54, 1.807) is 16.7 Å². The van der Waals surface area contributed by atoms with E-state index >= 15 is 0 Å². The fourth-order valence-electron chi connectivity index (χ4n) is 3.33. The first-order chi connectivity index (χ1) is 10.0. The molecule has 2 N–H and O–H groups in total. The van der Waals surface area contributed by atoms with Crippen LogP contribution in [-0.2, 0) is 4.79 Å². The summed E-state index contributed by atoms with van der Waals surface area (Å²) in [6.45, 7) is 4.97. The Balaban J connectivity index is 1.94. The molecule has 2 aliphatic rings. The fourth-order valence-corrected chi connectivity index (χ4v) is 4.84. The minimum atomic E-state index is -0.898. The van der Waals surface area contributed by atoms with Crippen LogP contribution in [-0.4, -0.2) is 45.7 Å². The van der Waals surface area contributed by atoms with E-state index in [4.69, 9.17) is 0 Å². The number of carboxylic acid groups (broad SMARTS) is 1. The monoisotopic (exact) mass is 314 g/mol. The quantitative estimate of drug-likeness (QED) is 0.818. The minimum absolute atomic E-state index is 0.00268. The first kappa shape index (κ1) is 16.5. The number of rotatable bonds is 5. The van der Waals surface area contributed by atoms with Crippen molar-refractivity contribution in [2.75, 3.05) is 12.3 Å². The molecule has 0 radical (unpaired) electrons. The molecule has 2 amide bonds. The largest absolute Gasteiger partial charge is 0.480 e. The maximum atomic E-state index is 12.4. The van der Waals surface area contributed by atoms with Crippen LogP contribution >= 0.6 is 11.8 Å². The van der Waals surface area contributed by atoms with Gasteiger partial charge in [-0.15, -0.1) is 11.8 Å². The van der Waals surface area contributed by atoms with Crippen molar-refractivity contribution in [2.45, 2.75) is 57.4 Å². The molecule has 1 aliphatic heterocycles. The number of nitrogens with one attached hydrogen (secondary N) is 1. The molecule has 120 valence electrons. The van der Waals surface area contributed by atoms with Gasteiger partial charge >= 0.3 is 12.0 Å². The molecule has 1 aliphatic carbocycles. The third kappa shape index (κ3) is 3.84. The van der Waals surface area contributed by atoms with Gasteiger partial charge in [0.25, 0.3) is 0 Å². The molecular weight excluding hydrogens is 288 g/mol. The van der Waals surface area contributed by atoms with Gasteiger partial charge in [0.05, 0.1) is 5.37 Å². The molecule has 0 bridgehead atoms. The van der Waals surface area contributed by atoms with Crippen molar-refractivity contribution in [1.82, 2.24) is 10.2 Å². The van der Waals surface area contributed by atoms with Gasteiger partial charge in [-0.2, -0.15) is 0 Å². The normalized spacial score (nSPS) is 32.4. The molecular formula is C15H26N2O3S. The number of amides is 2. The van der Waals surface area contributed by atoms with Crippen LogP contribution in [0.3, 0.4) is 0 Å². The first-order valence-corrected chi connectivity index (χ1v) is 9.00. The number of aliphatic carboxylic acids is 1. The Kier molecular flexibility index (Phi) is 5.79. The molecule has 6 heteroatoms. The van der Waals surface area contributed by atoms with E-state index in [2.05, 4.69) is 19.2 Å². The van der Waals surface area contributed by atoms with Crippen molar-refractivity contribution in [3.63, 3.8) is 0 Å². The van der Waals surface area contributed by atoms with Crippen LogP contribution < -0.4 is 5.32 Å². The summed E-state index contributed by atoms with van der Waals surface area (Å²) in [6, 6.07) is -0.891. The molecule has 0 aromatic rings. The van der Waals surface area contributed by atoms with Gasteiger partial charge in [-0.3, -0.25) is 4.90 Å². The summed E-state index contributed by atoms with van der Waals surface area (Å²) in [5.74, 6) is 0.787. The highest BCUT2D eigenvalue weighted by atomic mass is 32.2. The zero-order valence-electron chi connectivity index (χ0n) is 12.9. The molecule has 1 saturated heterocycles. The van der Waals surface area contributed by atoms with Crippen LogP contribution in [0.2, 0.25) is 0 Å². The summed E-state index contributed by atoms with van der Waals surface area (Å²) >= 11 is 1.58. The van der Waals surface area contributed by atoms with Gasteiger partial charge in [0.2, 0.25) is 0 Å². The number of urea groups is 1. The number of carbonyl (C=O) groups is 2. The van der Waals surface area contributed by atoms with E-state index < -0.39 is 12.0 Å². The van der Waals surface area contributed by atoms with Crippen molar-refractivity contribution < 1.29 is 14.7 Å². The van der Waals surface area contributed by atoms with Crippen molar-refractivity contribution in [2.24, 2.45) is 11.8 Å². The SMILES string of the molecule is CCCC1SCC(C(=O)O)N1C(=O)NCC1CCCC1C. The molecule has 21 heavy (non-hydrogen) atoms. The zero-order valence-corrected chi connectivity index (χ0v) is 13.7. The number of nitrogens with zero attached hydrogens (tertiary/aromatic N) is 1. The molecule has 0 aromatic carbocycles. The van der Waals surface area contributed by atoms with Crippen LogP contribution in [0.25, 0.3) is 0 Å². The lowest BCUT2D eigenvalue weighted by atomic mass is 9.98. The Bertz CT molecular complexity index is 391. The summed E-state index contributed by atoms with van der Waals surface area (Å²) in [7, 11) is 0. The number of carboxylic acids is 1. The van der Waals surface area contributed by atoms with Crippen LogP contribution in [0.4, 0.5) is 4.79 Å². The maximum absolute atomic E-state index is 12.4. The van der Waals surface area contributed by atoms with Gasteiger partial charge in [-0.1, -0.05) is 33.1 Å². The van der Waals surface area contributed by atoms with Gasteiger partial charge < -0.3 is 10.4 Å². The van der Waals surface area contributed by atoms with E-state index in [0.29, 0.717) is 24.1 Å². The van der Waals surface area contributed by atoms with Crippen LogP contribution in [0.1, 0.15) is 46.0 Å². The third-order valence-corrected chi connectivity index (χ3v) is 6.06. The van der Waals surface area contributed by atoms with Crippen molar-refractivity contribution in [1.29, 1.82) is 0 Å². The topological polar surface area (TPSA) is 69.6 Å². The van der Waals surface area contributed by atoms with Crippen LogP contribution in [0.5, 0.6) is 0 Å². The molecule has 4 unspecified atom stereocenters. The van der Waals surface area contributed by atoms with E-state index in [0.717, 1.165) is 19.3 Å². The highest BCUT2D eigenvalue weighted by Crippen LogP contribution is 2.33. The van der Waals surface area contributed by atoms with Crippen molar-refractivity contribution in [3.05, 3.63) is 0 Å².